The van der Waals surface area contributed by atoms with E-state index < -0.39 is 0 Å². The first-order valence-corrected chi connectivity index (χ1v) is 7.20. The molecule has 0 spiro atoms. The Morgan fingerprint density at radius 3 is 2.50 bits per heavy atom. The van der Waals surface area contributed by atoms with Crippen LogP contribution in [0.4, 0.5) is 17.2 Å². The SMILES string of the molecule is CCCOc1cc(Nc2ccc(NC(C)=O)cc2)nc(C)n1. The largest absolute Gasteiger partial charge is 0.478 e. The number of hydrogen-bond donors (Lipinski definition) is 2. The molecule has 1 heterocycles. The molecular weight excluding hydrogens is 280 g/mol. The number of ether oxygens (including phenoxy) is 1. The first kappa shape index (κ1) is 15.8. The second kappa shape index (κ2) is 7.40. The molecule has 0 saturated carbocycles. The average molecular weight is 300 g/mol. The molecule has 0 fully saturated rings. The average Bonchev–Trinajstić information content (AvgIpc) is 2.46. The van der Waals surface area contributed by atoms with Gasteiger partial charge in [0.05, 0.1) is 6.61 Å². The minimum atomic E-state index is -0.0927. The third-order valence-electron chi connectivity index (χ3n) is 2.75. The Balaban J connectivity index is 2.09. The molecule has 0 atom stereocenters. The summed E-state index contributed by atoms with van der Waals surface area (Å²) < 4.78 is 5.54. The van der Waals surface area contributed by atoms with Gasteiger partial charge in [0.2, 0.25) is 11.8 Å². The van der Waals surface area contributed by atoms with Crippen molar-refractivity contribution in [2.75, 3.05) is 17.2 Å². The Hall–Kier alpha value is -2.63. The Labute approximate surface area is 129 Å². The summed E-state index contributed by atoms with van der Waals surface area (Å²) in [7, 11) is 0. The summed E-state index contributed by atoms with van der Waals surface area (Å²) in [6.07, 6.45) is 0.927. The van der Waals surface area contributed by atoms with Gasteiger partial charge < -0.3 is 15.4 Å². The minimum absolute atomic E-state index is 0.0927. The highest BCUT2D eigenvalue weighted by Gasteiger charge is 2.04. The zero-order chi connectivity index (χ0) is 15.9. The molecule has 0 aliphatic carbocycles. The van der Waals surface area contributed by atoms with Crippen LogP contribution in [0.3, 0.4) is 0 Å². The Morgan fingerprint density at radius 1 is 1.18 bits per heavy atom. The van der Waals surface area contributed by atoms with E-state index in [0.717, 1.165) is 17.8 Å². The summed E-state index contributed by atoms with van der Waals surface area (Å²) in [5.41, 5.74) is 1.62. The van der Waals surface area contributed by atoms with Gasteiger partial charge in [0.1, 0.15) is 11.6 Å². The lowest BCUT2D eigenvalue weighted by Crippen LogP contribution is -2.05. The number of carbonyl (C=O) groups excluding carboxylic acids is 1. The molecule has 22 heavy (non-hydrogen) atoms. The first-order valence-electron chi connectivity index (χ1n) is 7.20. The number of benzene rings is 1. The number of nitrogens with one attached hydrogen (secondary N) is 2. The maximum Gasteiger partial charge on any atom is 0.221 e. The zero-order valence-corrected chi connectivity index (χ0v) is 13.0. The Kier molecular flexibility index (Phi) is 5.30. The van der Waals surface area contributed by atoms with Crippen molar-refractivity contribution >= 4 is 23.1 Å². The highest BCUT2D eigenvalue weighted by Crippen LogP contribution is 2.20. The van der Waals surface area contributed by atoms with E-state index in [-0.39, 0.29) is 5.91 Å². The molecule has 1 aromatic heterocycles. The van der Waals surface area contributed by atoms with E-state index in [1.54, 1.807) is 6.07 Å². The fourth-order valence-corrected chi connectivity index (χ4v) is 1.87. The topological polar surface area (TPSA) is 76.1 Å². The Bertz CT molecular complexity index is 641. The molecule has 2 N–H and O–H groups in total. The second-order valence-electron chi connectivity index (χ2n) is 4.87. The van der Waals surface area contributed by atoms with Crippen molar-refractivity contribution in [2.24, 2.45) is 0 Å². The monoisotopic (exact) mass is 300 g/mol. The lowest BCUT2D eigenvalue weighted by molar-refractivity contribution is -0.114. The van der Waals surface area contributed by atoms with Crippen molar-refractivity contribution in [1.82, 2.24) is 9.97 Å². The summed E-state index contributed by atoms with van der Waals surface area (Å²) >= 11 is 0. The molecule has 1 amide bonds. The van der Waals surface area contributed by atoms with Crippen LogP contribution in [-0.2, 0) is 4.79 Å². The summed E-state index contributed by atoms with van der Waals surface area (Å²) in [5, 5.41) is 5.92. The van der Waals surface area contributed by atoms with Crippen LogP contribution >= 0.6 is 0 Å². The van der Waals surface area contributed by atoms with E-state index >= 15 is 0 Å². The summed E-state index contributed by atoms with van der Waals surface area (Å²) in [4.78, 5) is 19.6. The maximum atomic E-state index is 11.0. The van der Waals surface area contributed by atoms with Crippen LogP contribution in [0.1, 0.15) is 26.1 Å². The third-order valence-corrected chi connectivity index (χ3v) is 2.75. The van der Waals surface area contributed by atoms with Crippen LogP contribution < -0.4 is 15.4 Å². The van der Waals surface area contributed by atoms with Crippen LogP contribution in [0.25, 0.3) is 0 Å². The fourth-order valence-electron chi connectivity index (χ4n) is 1.87. The molecule has 2 rings (SSSR count). The predicted octanol–water partition coefficient (Wildman–Crippen LogP) is 3.28. The molecule has 2 aromatic rings. The van der Waals surface area contributed by atoms with Crippen molar-refractivity contribution in [1.29, 1.82) is 0 Å². The third kappa shape index (κ3) is 4.73. The highest BCUT2D eigenvalue weighted by molar-refractivity contribution is 5.88. The zero-order valence-electron chi connectivity index (χ0n) is 13.0. The molecule has 0 saturated heterocycles. The molecule has 6 heteroatoms. The van der Waals surface area contributed by atoms with Gasteiger partial charge >= 0.3 is 0 Å². The van der Waals surface area contributed by atoms with Crippen molar-refractivity contribution in [2.45, 2.75) is 27.2 Å². The Morgan fingerprint density at radius 2 is 1.86 bits per heavy atom. The van der Waals surface area contributed by atoms with Crippen LogP contribution in [0.5, 0.6) is 5.88 Å². The molecule has 0 aliphatic rings. The maximum absolute atomic E-state index is 11.0. The quantitative estimate of drug-likeness (QED) is 0.856. The van der Waals surface area contributed by atoms with E-state index in [1.165, 1.54) is 6.92 Å². The van der Waals surface area contributed by atoms with Gasteiger partial charge in [-0.15, -0.1) is 0 Å². The van der Waals surface area contributed by atoms with Gasteiger partial charge in [-0.2, -0.15) is 4.98 Å². The molecular formula is C16H20N4O2. The van der Waals surface area contributed by atoms with Gasteiger partial charge in [-0.05, 0) is 37.6 Å². The lowest BCUT2D eigenvalue weighted by atomic mass is 10.2. The van der Waals surface area contributed by atoms with Crippen LogP contribution in [0.2, 0.25) is 0 Å². The molecule has 0 radical (unpaired) electrons. The van der Waals surface area contributed by atoms with Crippen LogP contribution in [0.15, 0.2) is 30.3 Å². The number of carbonyl (C=O) groups is 1. The number of aryl methyl sites for hydroxylation is 1. The van der Waals surface area contributed by atoms with Gasteiger partial charge in [0, 0.05) is 24.4 Å². The summed E-state index contributed by atoms with van der Waals surface area (Å²) in [6, 6.07) is 9.16. The van der Waals surface area contributed by atoms with E-state index in [4.69, 9.17) is 4.74 Å². The lowest BCUT2D eigenvalue weighted by Gasteiger charge is -2.10. The minimum Gasteiger partial charge on any atom is -0.478 e. The molecule has 1 aromatic carbocycles. The first-order chi connectivity index (χ1) is 10.6. The van der Waals surface area contributed by atoms with E-state index in [2.05, 4.69) is 20.6 Å². The molecule has 0 aliphatic heterocycles. The summed E-state index contributed by atoms with van der Waals surface area (Å²) in [6.45, 7) is 5.97. The van der Waals surface area contributed by atoms with Crippen molar-refractivity contribution in [3.63, 3.8) is 0 Å². The number of aromatic nitrogens is 2. The molecule has 0 unspecified atom stereocenters. The number of anilines is 3. The smallest absolute Gasteiger partial charge is 0.221 e. The normalized spacial score (nSPS) is 10.1. The van der Waals surface area contributed by atoms with Crippen molar-refractivity contribution < 1.29 is 9.53 Å². The van der Waals surface area contributed by atoms with Crippen LogP contribution in [-0.4, -0.2) is 22.5 Å². The number of hydrogen-bond acceptors (Lipinski definition) is 5. The van der Waals surface area contributed by atoms with Crippen molar-refractivity contribution in [3.8, 4) is 5.88 Å². The van der Waals surface area contributed by atoms with Crippen molar-refractivity contribution in [3.05, 3.63) is 36.2 Å². The van der Waals surface area contributed by atoms with Crippen LogP contribution in [0, 0.1) is 6.92 Å². The van der Waals surface area contributed by atoms with Gasteiger partial charge in [0.25, 0.3) is 0 Å². The van der Waals surface area contributed by atoms with E-state index in [9.17, 15) is 4.79 Å². The standard InChI is InChI=1S/C16H20N4O2/c1-4-9-22-16-10-15(17-11(2)18-16)20-14-7-5-13(6-8-14)19-12(3)21/h5-8,10H,4,9H2,1-3H3,(H,19,21)(H,17,18,20). The molecule has 0 bridgehead atoms. The number of rotatable bonds is 6. The second-order valence-corrected chi connectivity index (χ2v) is 4.87. The van der Waals surface area contributed by atoms with Gasteiger partial charge in [-0.1, -0.05) is 6.92 Å². The van der Waals surface area contributed by atoms with Gasteiger partial charge in [-0.25, -0.2) is 4.98 Å². The van der Waals surface area contributed by atoms with E-state index in [0.29, 0.717) is 24.1 Å². The van der Waals surface area contributed by atoms with Gasteiger partial charge in [0.15, 0.2) is 0 Å². The van der Waals surface area contributed by atoms with E-state index in [1.807, 2.05) is 38.1 Å². The molecule has 6 nitrogen and oxygen atoms in total. The number of nitrogens with zero attached hydrogens (tertiary/aromatic N) is 2. The fraction of sp³-hybridized carbons (Fsp3) is 0.312. The van der Waals surface area contributed by atoms with Gasteiger partial charge in [-0.3, -0.25) is 4.79 Å². The summed E-state index contributed by atoms with van der Waals surface area (Å²) in [5.74, 6) is 1.79. The molecule has 116 valence electrons. The predicted molar refractivity (Wildman–Crippen MR) is 86.6 cm³/mol. The highest BCUT2D eigenvalue weighted by atomic mass is 16.5. The number of amides is 1.